The van der Waals surface area contributed by atoms with E-state index in [2.05, 4.69) is 47.0 Å². The maximum atomic E-state index is 5.79. The van der Waals surface area contributed by atoms with E-state index in [4.69, 9.17) is 4.74 Å². The zero-order valence-corrected chi connectivity index (χ0v) is 13.2. The van der Waals surface area contributed by atoms with Crippen molar-refractivity contribution >= 4 is 22.6 Å². The van der Waals surface area contributed by atoms with E-state index in [1.165, 1.54) is 9.13 Å². The van der Waals surface area contributed by atoms with E-state index in [1.54, 1.807) is 0 Å². The third-order valence-electron chi connectivity index (χ3n) is 2.73. The summed E-state index contributed by atoms with van der Waals surface area (Å²) < 4.78 is 7.00. The third-order valence-corrected chi connectivity index (χ3v) is 3.45. The monoisotopic (exact) mass is 367 g/mol. The predicted octanol–water partition coefficient (Wildman–Crippen LogP) is 4.58. The Morgan fingerprint density at radius 3 is 2.11 bits per heavy atom. The number of halogens is 1. The molecule has 0 aliphatic carbocycles. The van der Waals surface area contributed by atoms with Crippen LogP contribution in [-0.2, 0) is 6.54 Å². The quantitative estimate of drug-likeness (QED) is 0.596. The zero-order valence-electron chi connectivity index (χ0n) is 11.0. The minimum Gasteiger partial charge on any atom is -0.457 e. The van der Waals surface area contributed by atoms with Gasteiger partial charge in [0.1, 0.15) is 11.5 Å². The van der Waals surface area contributed by atoms with Gasteiger partial charge in [-0.25, -0.2) is 0 Å². The van der Waals surface area contributed by atoms with E-state index in [0.717, 1.165) is 31.0 Å². The lowest BCUT2D eigenvalue weighted by atomic mass is 10.2. The first-order chi connectivity index (χ1) is 9.28. The van der Waals surface area contributed by atoms with Gasteiger partial charge in [-0.2, -0.15) is 0 Å². The third kappa shape index (κ3) is 4.84. The second-order valence-electron chi connectivity index (χ2n) is 4.38. The molecule has 0 aliphatic rings. The van der Waals surface area contributed by atoms with E-state index in [-0.39, 0.29) is 0 Å². The maximum absolute atomic E-state index is 5.79. The van der Waals surface area contributed by atoms with Crippen LogP contribution in [0.1, 0.15) is 18.9 Å². The van der Waals surface area contributed by atoms with E-state index in [9.17, 15) is 0 Å². The summed E-state index contributed by atoms with van der Waals surface area (Å²) in [4.78, 5) is 0. The van der Waals surface area contributed by atoms with Crippen molar-refractivity contribution in [3.05, 3.63) is 57.7 Å². The first kappa shape index (κ1) is 14.3. The van der Waals surface area contributed by atoms with Crippen LogP contribution < -0.4 is 10.1 Å². The molecule has 3 heteroatoms. The topological polar surface area (TPSA) is 21.3 Å². The summed E-state index contributed by atoms with van der Waals surface area (Å²) in [5, 5.41) is 3.39. The molecule has 0 unspecified atom stereocenters. The molecule has 0 saturated heterocycles. The van der Waals surface area contributed by atoms with Gasteiger partial charge in [0.15, 0.2) is 0 Å². The smallest absolute Gasteiger partial charge is 0.127 e. The van der Waals surface area contributed by atoms with Gasteiger partial charge >= 0.3 is 0 Å². The van der Waals surface area contributed by atoms with Crippen molar-refractivity contribution < 1.29 is 4.74 Å². The van der Waals surface area contributed by atoms with Crippen molar-refractivity contribution in [3.8, 4) is 11.5 Å². The number of benzene rings is 2. The summed E-state index contributed by atoms with van der Waals surface area (Å²) in [6.45, 7) is 4.14. The van der Waals surface area contributed by atoms with Crippen molar-refractivity contribution in [1.82, 2.24) is 5.32 Å². The summed E-state index contributed by atoms with van der Waals surface area (Å²) in [6, 6.07) is 16.3. The summed E-state index contributed by atoms with van der Waals surface area (Å²) in [6.07, 6.45) is 1.16. The zero-order chi connectivity index (χ0) is 13.5. The van der Waals surface area contributed by atoms with Gasteiger partial charge in [0.05, 0.1) is 0 Å². The highest BCUT2D eigenvalue weighted by Gasteiger charge is 1.98. The van der Waals surface area contributed by atoms with Gasteiger partial charge in [-0.05, 0) is 77.5 Å². The molecule has 1 N–H and O–H groups in total. The molecule has 0 radical (unpaired) electrons. The van der Waals surface area contributed by atoms with Gasteiger partial charge in [-0.1, -0.05) is 19.1 Å². The average Bonchev–Trinajstić information content (AvgIpc) is 2.44. The van der Waals surface area contributed by atoms with Crippen LogP contribution in [0.3, 0.4) is 0 Å². The molecule has 0 fully saturated rings. The number of rotatable bonds is 6. The molecule has 100 valence electrons. The second-order valence-corrected chi connectivity index (χ2v) is 5.62. The first-order valence-electron chi connectivity index (χ1n) is 6.51. The van der Waals surface area contributed by atoms with Crippen LogP contribution in [0, 0.1) is 3.57 Å². The Balaban J connectivity index is 1.92. The molecular weight excluding hydrogens is 349 g/mol. The summed E-state index contributed by atoms with van der Waals surface area (Å²) in [5.41, 5.74) is 1.28. The van der Waals surface area contributed by atoms with Gasteiger partial charge in [0, 0.05) is 10.1 Å². The molecule has 0 bridgehead atoms. The highest BCUT2D eigenvalue weighted by molar-refractivity contribution is 14.1. The summed E-state index contributed by atoms with van der Waals surface area (Å²) >= 11 is 2.29. The van der Waals surface area contributed by atoms with Crippen molar-refractivity contribution in [1.29, 1.82) is 0 Å². The van der Waals surface area contributed by atoms with Crippen molar-refractivity contribution in [3.63, 3.8) is 0 Å². The summed E-state index contributed by atoms with van der Waals surface area (Å²) in [5.74, 6) is 1.75. The second kappa shape index (κ2) is 7.50. The fourth-order valence-electron chi connectivity index (χ4n) is 1.72. The van der Waals surface area contributed by atoms with Crippen molar-refractivity contribution in [2.24, 2.45) is 0 Å². The van der Waals surface area contributed by atoms with E-state index in [0.29, 0.717) is 0 Å². The van der Waals surface area contributed by atoms with Gasteiger partial charge in [0.2, 0.25) is 0 Å². The molecule has 0 heterocycles. The Kier molecular flexibility index (Phi) is 5.66. The molecule has 19 heavy (non-hydrogen) atoms. The molecule has 0 amide bonds. The highest BCUT2D eigenvalue weighted by atomic mass is 127. The largest absolute Gasteiger partial charge is 0.457 e. The highest BCUT2D eigenvalue weighted by Crippen LogP contribution is 2.22. The molecule has 0 saturated carbocycles. The molecule has 2 aromatic rings. The van der Waals surface area contributed by atoms with Crippen LogP contribution in [0.2, 0.25) is 0 Å². The number of hydrogen-bond acceptors (Lipinski definition) is 2. The maximum Gasteiger partial charge on any atom is 0.127 e. The molecule has 0 aromatic heterocycles. The molecule has 2 nitrogen and oxygen atoms in total. The van der Waals surface area contributed by atoms with Crippen LogP contribution in [-0.4, -0.2) is 6.54 Å². The molecule has 0 spiro atoms. The van der Waals surface area contributed by atoms with Gasteiger partial charge in [-0.3, -0.25) is 0 Å². The Bertz CT molecular complexity index is 493. The summed E-state index contributed by atoms with van der Waals surface area (Å²) in [7, 11) is 0. The van der Waals surface area contributed by atoms with Crippen LogP contribution in [0.15, 0.2) is 48.5 Å². The number of hydrogen-bond donors (Lipinski definition) is 1. The Labute approximate surface area is 128 Å². The Morgan fingerprint density at radius 2 is 1.53 bits per heavy atom. The fraction of sp³-hybridized carbons (Fsp3) is 0.250. The number of nitrogens with one attached hydrogen (secondary N) is 1. The average molecular weight is 367 g/mol. The van der Waals surface area contributed by atoms with Gasteiger partial charge < -0.3 is 10.1 Å². The fourth-order valence-corrected chi connectivity index (χ4v) is 2.08. The lowest BCUT2D eigenvalue weighted by molar-refractivity contribution is 0.482. The van der Waals surface area contributed by atoms with Crippen molar-refractivity contribution in [2.45, 2.75) is 19.9 Å². The lowest BCUT2D eigenvalue weighted by Crippen LogP contribution is -2.13. The van der Waals surface area contributed by atoms with Crippen LogP contribution in [0.5, 0.6) is 11.5 Å². The van der Waals surface area contributed by atoms with Crippen LogP contribution in [0.4, 0.5) is 0 Å². The molecule has 0 atom stereocenters. The van der Waals surface area contributed by atoms with Crippen LogP contribution in [0.25, 0.3) is 0 Å². The predicted molar refractivity (Wildman–Crippen MR) is 87.7 cm³/mol. The molecular formula is C16H18INO. The van der Waals surface area contributed by atoms with Crippen molar-refractivity contribution in [2.75, 3.05) is 6.54 Å². The standard InChI is InChI=1S/C16H18INO/c1-2-11-18-12-13-3-7-15(8-4-13)19-16-9-5-14(17)6-10-16/h3-10,18H,2,11-12H2,1H3. The first-order valence-corrected chi connectivity index (χ1v) is 7.59. The SMILES string of the molecule is CCCNCc1ccc(Oc2ccc(I)cc2)cc1. The van der Waals surface area contributed by atoms with E-state index >= 15 is 0 Å². The molecule has 2 rings (SSSR count). The lowest BCUT2D eigenvalue weighted by Gasteiger charge is -2.07. The normalized spacial score (nSPS) is 10.4. The number of ether oxygens (including phenoxy) is 1. The van der Waals surface area contributed by atoms with E-state index in [1.807, 2.05) is 36.4 Å². The van der Waals surface area contributed by atoms with E-state index < -0.39 is 0 Å². The van der Waals surface area contributed by atoms with Gasteiger partial charge in [-0.15, -0.1) is 0 Å². The van der Waals surface area contributed by atoms with Gasteiger partial charge in [0.25, 0.3) is 0 Å². The molecule has 2 aromatic carbocycles. The Morgan fingerprint density at radius 1 is 0.947 bits per heavy atom. The minimum atomic E-state index is 0.872. The van der Waals surface area contributed by atoms with Crippen LogP contribution >= 0.6 is 22.6 Å². The molecule has 0 aliphatic heterocycles. The minimum absolute atomic E-state index is 0.872. The Hall–Kier alpha value is -1.07.